The molecular formula is C17H29NO2. The maximum atomic E-state index is 5.53. The fraction of sp³-hybridized carbons (Fsp3) is 0.647. The van der Waals surface area contributed by atoms with E-state index in [0.29, 0.717) is 11.5 Å². The van der Waals surface area contributed by atoms with Crippen molar-refractivity contribution in [1.29, 1.82) is 0 Å². The fourth-order valence-electron chi connectivity index (χ4n) is 2.30. The topological polar surface area (TPSA) is 30.5 Å². The summed E-state index contributed by atoms with van der Waals surface area (Å²) >= 11 is 0. The largest absolute Gasteiger partial charge is 0.497 e. The van der Waals surface area contributed by atoms with E-state index in [2.05, 4.69) is 39.1 Å². The molecule has 0 heterocycles. The Bertz CT molecular complexity index is 410. The molecule has 1 N–H and O–H groups in total. The van der Waals surface area contributed by atoms with Gasteiger partial charge in [0.25, 0.3) is 0 Å². The molecule has 0 spiro atoms. The van der Waals surface area contributed by atoms with E-state index in [-0.39, 0.29) is 0 Å². The van der Waals surface area contributed by atoms with E-state index in [1.165, 1.54) is 12.0 Å². The van der Waals surface area contributed by atoms with Gasteiger partial charge < -0.3 is 14.8 Å². The second-order valence-corrected chi connectivity index (χ2v) is 6.32. The molecule has 1 aromatic rings. The fourth-order valence-corrected chi connectivity index (χ4v) is 2.30. The SMILES string of the molecule is CCNC(CCC(C)(C)C)c1ccc(OC)cc1OC. The van der Waals surface area contributed by atoms with Gasteiger partial charge in [0.2, 0.25) is 0 Å². The van der Waals surface area contributed by atoms with Crippen molar-refractivity contribution in [3.05, 3.63) is 23.8 Å². The van der Waals surface area contributed by atoms with Gasteiger partial charge in [-0.2, -0.15) is 0 Å². The van der Waals surface area contributed by atoms with Crippen LogP contribution in [0.1, 0.15) is 52.1 Å². The minimum absolute atomic E-state index is 0.320. The molecule has 1 atom stereocenters. The Hall–Kier alpha value is -1.22. The summed E-state index contributed by atoms with van der Waals surface area (Å²) in [6.07, 6.45) is 2.26. The summed E-state index contributed by atoms with van der Waals surface area (Å²) in [7, 11) is 3.39. The third-order valence-electron chi connectivity index (χ3n) is 3.45. The first-order chi connectivity index (χ1) is 9.41. The van der Waals surface area contributed by atoms with E-state index < -0.39 is 0 Å². The van der Waals surface area contributed by atoms with Crippen LogP contribution in [0, 0.1) is 5.41 Å². The van der Waals surface area contributed by atoms with Gasteiger partial charge in [-0.3, -0.25) is 0 Å². The van der Waals surface area contributed by atoms with Crippen LogP contribution in [0.5, 0.6) is 11.5 Å². The standard InChI is InChI=1S/C17H29NO2/c1-7-18-15(10-11-17(2,3)4)14-9-8-13(19-5)12-16(14)20-6/h8-9,12,15,18H,7,10-11H2,1-6H3. The first kappa shape index (κ1) is 16.8. The molecule has 114 valence electrons. The van der Waals surface area contributed by atoms with E-state index in [9.17, 15) is 0 Å². The number of benzene rings is 1. The molecule has 0 saturated heterocycles. The molecule has 0 bridgehead atoms. The van der Waals surface area contributed by atoms with E-state index in [4.69, 9.17) is 9.47 Å². The van der Waals surface area contributed by atoms with Gasteiger partial charge in [-0.15, -0.1) is 0 Å². The molecule has 0 aliphatic heterocycles. The highest BCUT2D eigenvalue weighted by molar-refractivity contribution is 5.42. The zero-order valence-electron chi connectivity index (χ0n) is 13.7. The molecule has 0 aliphatic carbocycles. The Labute approximate surface area is 123 Å². The Morgan fingerprint density at radius 2 is 1.85 bits per heavy atom. The van der Waals surface area contributed by atoms with Crippen molar-refractivity contribution >= 4 is 0 Å². The van der Waals surface area contributed by atoms with Crippen molar-refractivity contribution in [3.8, 4) is 11.5 Å². The minimum atomic E-state index is 0.320. The molecule has 0 aliphatic rings. The third-order valence-corrected chi connectivity index (χ3v) is 3.45. The Morgan fingerprint density at radius 1 is 1.15 bits per heavy atom. The highest BCUT2D eigenvalue weighted by Gasteiger charge is 2.19. The molecule has 1 unspecified atom stereocenters. The van der Waals surface area contributed by atoms with Crippen LogP contribution in [0.4, 0.5) is 0 Å². The summed E-state index contributed by atoms with van der Waals surface area (Å²) in [5.74, 6) is 1.72. The van der Waals surface area contributed by atoms with E-state index in [0.717, 1.165) is 24.5 Å². The molecule has 0 amide bonds. The van der Waals surface area contributed by atoms with Crippen LogP contribution in [0.15, 0.2) is 18.2 Å². The van der Waals surface area contributed by atoms with E-state index in [1.807, 2.05) is 12.1 Å². The van der Waals surface area contributed by atoms with Crippen LogP contribution in [0.25, 0.3) is 0 Å². The normalized spacial score (nSPS) is 13.1. The summed E-state index contributed by atoms with van der Waals surface area (Å²) in [4.78, 5) is 0. The first-order valence-electron chi connectivity index (χ1n) is 7.36. The molecule has 1 rings (SSSR count). The summed E-state index contributed by atoms with van der Waals surface area (Å²) < 4.78 is 10.8. The van der Waals surface area contributed by atoms with Crippen LogP contribution in [0.3, 0.4) is 0 Å². The molecule has 3 heteroatoms. The summed E-state index contributed by atoms with van der Waals surface area (Å²) in [5, 5.41) is 3.56. The maximum Gasteiger partial charge on any atom is 0.127 e. The average molecular weight is 279 g/mol. The molecular weight excluding hydrogens is 250 g/mol. The van der Waals surface area contributed by atoms with Crippen LogP contribution < -0.4 is 14.8 Å². The lowest BCUT2D eigenvalue weighted by molar-refractivity contribution is 0.327. The lowest BCUT2D eigenvalue weighted by Gasteiger charge is -2.25. The van der Waals surface area contributed by atoms with Crippen molar-refractivity contribution in [2.24, 2.45) is 5.41 Å². The van der Waals surface area contributed by atoms with Crippen molar-refractivity contribution in [1.82, 2.24) is 5.32 Å². The van der Waals surface area contributed by atoms with E-state index >= 15 is 0 Å². The monoisotopic (exact) mass is 279 g/mol. The van der Waals surface area contributed by atoms with Crippen LogP contribution in [-0.2, 0) is 0 Å². The average Bonchev–Trinajstić information content (AvgIpc) is 2.41. The highest BCUT2D eigenvalue weighted by Crippen LogP contribution is 2.34. The zero-order chi connectivity index (χ0) is 15.2. The lowest BCUT2D eigenvalue weighted by Crippen LogP contribution is -2.23. The smallest absolute Gasteiger partial charge is 0.127 e. The molecule has 3 nitrogen and oxygen atoms in total. The quantitative estimate of drug-likeness (QED) is 0.812. The van der Waals surface area contributed by atoms with Crippen LogP contribution in [0.2, 0.25) is 0 Å². The molecule has 0 saturated carbocycles. The van der Waals surface area contributed by atoms with Crippen molar-refractivity contribution in [2.45, 2.75) is 46.6 Å². The second-order valence-electron chi connectivity index (χ2n) is 6.32. The van der Waals surface area contributed by atoms with Gasteiger partial charge in [-0.1, -0.05) is 33.8 Å². The first-order valence-corrected chi connectivity index (χ1v) is 7.36. The summed E-state index contributed by atoms with van der Waals surface area (Å²) in [5.41, 5.74) is 1.55. The van der Waals surface area contributed by atoms with Gasteiger partial charge in [0.05, 0.1) is 14.2 Å². The van der Waals surface area contributed by atoms with Crippen molar-refractivity contribution in [3.63, 3.8) is 0 Å². The van der Waals surface area contributed by atoms with Crippen molar-refractivity contribution in [2.75, 3.05) is 20.8 Å². The number of rotatable bonds is 7. The minimum Gasteiger partial charge on any atom is -0.497 e. The Balaban J connectivity index is 2.95. The molecule has 0 radical (unpaired) electrons. The van der Waals surface area contributed by atoms with Crippen LogP contribution >= 0.6 is 0 Å². The van der Waals surface area contributed by atoms with Gasteiger partial charge in [0, 0.05) is 17.7 Å². The Kier molecular flexibility index (Phi) is 6.34. The highest BCUT2D eigenvalue weighted by atomic mass is 16.5. The molecule has 1 aromatic carbocycles. The van der Waals surface area contributed by atoms with Gasteiger partial charge in [0.1, 0.15) is 11.5 Å². The van der Waals surface area contributed by atoms with Gasteiger partial charge in [-0.05, 0) is 30.9 Å². The van der Waals surface area contributed by atoms with E-state index in [1.54, 1.807) is 14.2 Å². The van der Waals surface area contributed by atoms with Gasteiger partial charge >= 0.3 is 0 Å². The third kappa shape index (κ3) is 5.04. The molecule has 0 fully saturated rings. The number of nitrogens with one attached hydrogen (secondary N) is 1. The predicted octanol–water partition coefficient (Wildman–Crippen LogP) is 4.18. The van der Waals surface area contributed by atoms with Gasteiger partial charge in [0.15, 0.2) is 0 Å². The van der Waals surface area contributed by atoms with Crippen molar-refractivity contribution < 1.29 is 9.47 Å². The maximum absolute atomic E-state index is 5.53. The number of ether oxygens (including phenoxy) is 2. The second kappa shape index (κ2) is 7.53. The number of methoxy groups -OCH3 is 2. The number of hydrogen-bond donors (Lipinski definition) is 1. The lowest BCUT2D eigenvalue weighted by atomic mass is 9.87. The summed E-state index contributed by atoms with van der Waals surface area (Å²) in [6, 6.07) is 6.38. The summed E-state index contributed by atoms with van der Waals surface area (Å²) in [6.45, 7) is 9.92. The van der Waals surface area contributed by atoms with Crippen LogP contribution in [-0.4, -0.2) is 20.8 Å². The molecule has 20 heavy (non-hydrogen) atoms. The zero-order valence-corrected chi connectivity index (χ0v) is 13.7. The molecule has 0 aromatic heterocycles. The number of hydrogen-bond acceptors (Lipinski definition) is 3. The van der Waals surface area contributed by atoms with Gasteiger partial charge in [-0.25, -0.2) is 0 Å². The Morgan fingerprint density at radius 3 is 2.35 bits per heavy atom. The predicted molar refractivity (Wildman–Crippen MR) is 84.7 cm³/mol.